The molecule has 0 aromatic carbocycles. The van der Waals surface area contributed by atoms with E-state index < -0.39 is 0 Å². The van der Waals surface area contributed by atoms with E-state index in [1.165, 1.54) is 12.8 Å². The van der Waals surface area contributed by atoms with Crippen molar-refractivity contribution in [2.75, 3.05) is 13.1 Å². The molecule has 1 fully saturated rings. The van der Waals surface area contributed by atoms with E-state index in [4.69, 9.17) is 5.53 Å². The van der Waals surface area contributed by atoms with Gasteiger partial charge in [-0.2, -0.15) is 0 Å². The highest BCUT2D eigenvalue weighted by Gasteiger charge is 2.25. The highest BCUT2D eigenvalue weighted by Crippen LogP contribution is 2.20. The number of rotatable bonds is 4. The van der Waals surface area contributed by atoms with Crippen molar-refractivity contribution in [2.24, 2.45) is 0 Å². The fourth-order valence-electron chi connectivity index (χ4n) is 2.31. The molecular formula is C10H21N3. The molecule has 0 aromatic rings. The van der Waals surface area contributed by atoms with E-state index >= 15 is 0 Å². The monoisotopic (exact) mass is 183 g/mol. The van der Waals surface area contributed by atoms with Crippen molar-refractivity contribution in [2.45, 2.75) is 51.6 Å². The Morgan fingerprint density at radius 3 is 2.08 bits per heavy atom. The second-order valence-electron chi connectivity index (χ2n) is 3.86. The van der Waals surface area contributed by atoms with Gasteiger partial charge in [0.1, 0.15) is 6.04 Å². The molecule has 1 rings (SSSR count). The topological polar surface area (TPSA) is 39.5 Å². The normalized spacial score (nSPS) is 29.2. The van der Waals surface area contributed by atoms with Crippen LogP contribution < -0.4 is 5.11 Å². The molecule has 0 atom stereocenters. The summed E-state index contributed by atoms with van der Waals surface area (Å²) in [6.45, 7) is 6.75. The first-order valence-electron chi connectivity index (χ1n) is 5.45. The summed E-state index contributed by atoms with van der Waals surface area (Å²) in [7, 11) is 0. The fraction of sp³-hybridized carbons (Fsp3) is 1.00. The Balaban J connectivity index is 2.34. The van der Waals surface area contributed by atoms with Gasteiger partial charge in [-0.05, 0) is 25.9 Å². The van der Waals surface area contributed by atoms with E-state index in [9.17, 15) is 0 Å². The quantitative estimate of drug-likeness (QED) is 0.642. The van der Waals surface area contributed by atoms with Crippen molar-refractivity contribution in [3.63, 3.8) is 0 Å². The molecule has 0 bridgehead atoms. The van der Waals surface area contributed by atoms with Gasteiger partial charge in [-0.1, -0.05) is 13.8 Å². The summed E-state index contributed by atoms with van der Waals surface area (Å²) in [5, 5.41) is 2.38. The highest BCUT2D eigenvalue weighted by molar-refractivity contribution is 4.77. The summed E-state index contributed by atoms with van der Waals surface area (Å²) in [5.41, 5.74) is 8.77. The molecule has 76 valence electrons. The van der Waals surface area contributed by atoms with Crippen molar-refractivity contribution in [3.05, 3.63) is 5.53 Å². The van der Waals surface area contributed by atoms with Crippen LogP contribution in [0.1, 0.15) is 39.5 Å². The van der Waals surface area contributed by atoms with Crippen LogP contribution in [0.2, 0.25) is 0 Å². The van der Waals surface area contributed by atoms with Gasteiger partial charge in [-0.3, -0.25) is 0 Å². The molecule has 1 saturated carbocycles. The molecule has 0 spiro atoms. The molecule has 0 aromatic heterocycles. The van der Waals surface area contributed by atoms with Gasteiger partial charge in [0, 0.05) is 18.9 Å². The number of nitrogens with zero attached hydrogens (tertiary/aromatic N) is 2. The van der Waals surface area contributed by atoms with Crippen LogP contribution in [0.5, 0.6) is 0 Å². The Bertz CT molecular complexity index is 146. The third kappa shape index (κ3) is 2.76. The third-order valence-corrected chi connectivity index (χ3v) is 3.21. The van der Waals surface area contributed by atoms with Crippen LogP contribution >= 0.6 is 0 Å². The van der Waals surface area contributed by atoms with E-state index in [-0.39, 0.29) is 0 Å². The second kappa shape index (κ2) is 5.32. The molecule has 3 nitrogen and oxygen atoms in total. The molecule has 1 aliphatic rings. The van der Waals surface area contributed by atoms with Crippen LogP contribution in [0.25, 0.3) is 5.53 Å². The lowest BCUT2D eigenvalue weighted by molar-refractivity contribution is -0.530. The van der Waals surface area contributed by atoms with Crippen molar-refractivity contribution in [1.82, 2.24) is 4.90 Å². The van der Waals surface area contributed by atoms with Crippen molar-refractivity contribution in [1.29, 1.82) is 0 Å². The summed E-state index contributed by atoms with van der Waals surface area (Å²) >= 11 is 0. The molecule has 13 heavy (non-hydrogen) atoms. The minimum atomic E-state index is 0.340. The van der Waals surface area contributed by atoms with Gasteiger partial charge < -0.3 is 15.5 Å². The molecule has 0 radical (unpaired) electrons. The molecule has 3 heteroatoms. The van der Waals surface area contributed by atoms with Gasteiger partial charge >= 0.3 is 0 Å². The predicted octanol–water partition coefficient (Wildman–Crippen LogP) is 0.742. The van der Waals surface area contributed by atoms with E-state index in [0.717, 1.165) is 32.0 Å². The minimum absolute atomic E-state index is 0.340. The van der Waals surface area contributed by atoms with Gasteiger partial charge in [0.2, 0.25) is 0 Å². The molecule has 1 N–H and O–H groups in total. The molecular weight excluding hydrogens is 162 g/mol. The lowest BCUT2D eigenvalue weighted by Crippen LogP contribution is -2.72. The number of nitrogens with one attached hydrogen (secondary N) is 1. The van der Waals surface area contributed by atoms with E-state index in [0.29, 0.717) is 6.04 Å². The molecule has 0 amide bonds. The van der Waals surface area contributed by atoms with Gasteiger partial charge in [0.25, 0.3) is 0 Å². The lowest BCUT2D eigenvalue weighted by Gasteiger charge is -2.33. The minimum Gasteiger partial charge on any atom is -0.508 e. The average molecular weight is 183 g/mol. The highest BCUT2D eigenvalue weighted by atomic mass is 15.1. The maximum atomic E-state index is 8.77. The van der Waals surface area contributed by atoms with Crippen LogP contribution in [0, 0.1) is 0 Å². The Kier molecular flexibility index (Phi) is 4.36. The summed E-state index contributed by atoms with van der Waals surface area (Å²) in [6, 6.07) is 1.09. The number of hydrogen-bond acceptors (Lipinski definition) is 1. The smallest absolute Gasteiger partial charge is 0.139 e. The zero-order valence-corrected chi connectivity index (χ0v) is 8.79. The average Bonchev–Trinajstić information content (AvgIpc) is 2.21. The lowest BCUT2D eigenvalue weighted by atomic mass is 9.90. The Morgan fingerprint density at radius 1 is 1.15 bits per heavy atom. The first-order chi connectivity index (χ1) is 6.31. The maximum absolute atomic E-state index is 8.77. The molecule has 0 heterocycles. The maximum Gasteiger partial charge on any atom is 0.139 e. The van der Waals surface area contributed by atoms with Crippen LogP contribution in [0.3, 0.4) is 0 Å². The van der Waals surface area contributed by atoms with E-state index in [2.05, 4.69) is 23.9 Å². The van der Waals surface area contributed by atoms with E-state index in [1.807, 2.05) is 0 Å². The van der Waals surface area contributed by atoms with Gasteiger partial charge in [0.05, 0.1) is 0 Å². The summed E-state index contributed by atoms with van der Waals surface area (Å²) < 4.78 is 0. The zero-order valence-electron chi connectivity index (χ0n) is 8.79. The van der Waals surface area contributed by atoms with Crippen molar-refractivity contribution in [3.8, 4) is 0 Å². The Labute approximate surface area is 81.0 Å². The molecule has 1 aliphatic carbocycles. The summed E-state index contributed by atoms with van der Waals surface area (Å²) in [6.07, 6.45) is 4.66. The van der Waals surface area contributed by atoms with Gasteiger partial charge in [0.15, 0.2) is 0 Å². The molecule has 0 unspecified atom stereocenters. The second-order valence-corrected chi connectivity index (χ2v) is 3.86. The number of hydrogen-bond donors (Lipinski definition) is 1. The van der Waals surface area contributed by atoms with Crippen LogP contribution in [0.15, 0.2) is 0 Å². The fourth-order valence-corrected chi connectivity index (χ4v) is 2.31. The zero-order chi connectivity index (χ0) is 9.68. The van der Waals surface area contributed by atoms with E-state index in [1.54, 1.807) is 0 Å². The van der Waals surface area contributed by atoms with Crippen LogP contribution in [-0.2, 0) is 0 Å². The Morgan fingerprint density at radius 2 is 1.69 bits per heavy atom. The predicted molar refractivity (Wildman–Crippen MR) is 53.3 cm³/mol. The standard InChI is InChI=1S/C10H21N3/c1-3-13(4-2)10-7-5-9(12-11)6-8-10/h9-10,12H,3-8H2,1-2H3. The van der Waals surface area contributed by atoms with Crippen molar-refractivity contribution < 1.29 is 5.11 Å². The molecule has 0 aliphatic heterocycles. The summed E-state index contributed by atoms with van der Waals surface area (Å²) in [4.78, 5) is 2.52. The third-order valence-electron chi connectivity index (χ3n) is 3.21. The largest absolute Gasteiger partial charge is 0.508 e. The van der Waals surface area contributed by atoms with Crippen molar-refractivity contribution >= 4 is 0 Å². The SMILES string of the molecule is CCN(CC)C1CCC([NH+]=[N-])CC1. The first-order valence-corrected chi connectivity index (χ1v) is 5.45. The van der Waals surface area contributed by atoms with Crippen LogP contribution in [-0.4, -0.2) is 30.1 Å². The van der Waals surface area contributed by atoms with Crippen LogP contribution in [0.4, 0.5) is 0 Å². The van der Waals surface area contributed by atoms with Gasteiger partial charge in [-0.25, -0.2) is 0 Å². The summed E-state index contributed by atoms with van der Waals surface area (Å²) in [5.74, 6) is 0. The van der Waals surface area contributed by atoms with Gasteiger partial charge in [-0.15, -0.1) is 0 Å². The Hall–Kier alpha value is -0.440. The molecule has 0 saturated heterocycles. The first kappa shape index (κ1) is 10.6.